The summed E-state index contributed by atoms with van der Waals surface area (Å²) in [6, 6.07) is 7.77. The Hall–Kier alpha value is -2.87. The van der Waals surface area contributed by atoms with E-state index >= 15 is 0 Å². The van der Waals surface area contributed by atoms with Crippen LogP contribution in [-0.4, -0.2) is 78.2 Å². The molecule has 1 fully saturated rings. The highest BCUT2D eigenvalue weighted by molar-refractivity contribution is 5.76. The zero-order valence-corrected chi connectivity index (χ0v) is 18.4. The van der Waals surface area contributed by atoms with Crippen molar-refractivity contribution in [1.29, 1.82) is 0 Å². The van der Waals surface area contributed by atoms with E-state index in [1.807, 2.05) is 29.2 Å². The van der Waals surface area contributed by atoms with Gasteiger partial charge in [-0.25, -0.2) is 9.97 Å². The van der Waals surface area contributed by atoms with Gasteiger partial charge in [-0.15, -0.1) is 0 Å². The molecule has 0 unspecified atom stereocenters. The number of fused-ring (bicyclic) bond motifs is 1. The first kappa shape index (κ1) is 21.4. The van der Waals surface area contributed by atoms with Crippen LogP contribution in [0.4, 0.5) is 5.95 Å². The van der Waals surface area contributed by atoms with Crippen LogP contribution in [-0.2, 0) is 11.3 Å². The monoisotopic (exact) mass is 425 g/mol. The third kappa shape index (κ3) is 5.25. The van der Waals surface area contributed by atoms with Crippen molar-refractivity contribution >= 4 is 11.9 Å². The van der Waals surface area contributed by atoms with Crippen molar-refractivity contribution in [2.75, 3.05) is 51.3 Å². The summed E-state index contributed by atoms with van der Waals surface area (Å²) >= 11 is 0. The van der Waals surface area contributed by atoms with Crippen LogP contribution in [0, 0.1) is 0 Å². The molecule has 3 heterocycles. The fraction of sp³-hybridized carbons (Fsp3) is 0.522. The van der Waals surface area contributed by atoms with E-state index in [9.17, 15) is 4.79 Å². The minimum Gasteiger partial charge on any atom is -0.497 e. The Morgan fingerprint density at radius 2 is 1.97 bits per heavy atom. The first-order chi connectivity index (χ1) is 15.2. The van der Waals surface area contributed by atoms with Gasteiger partial charge in [0.1, 0.15) is 17.6 Å². The van der Waals surface area contributed by atoms with Gasteiger partial charge in [-0.05, 0) is 30.7 Å². The van der Waals surface area contributed by atoms with E-state index in [4.69, 9.17) is 9.47 Å². The summed E-state index contributed by atoms with van der Waals surface area (Å²) in [6.45, 7) is 7.37. The lowest BCUT2D eigenvalue weighted by molar-refractivity contribution is -0.131. The Labute approximate surface area is 183 Å². The van der Waals surface area contributed by atoms with Crippen LogP contribution in [0.2, 0.25) is 0 Å². The molecule has 0 bridgehead atoms. The maximum absolute atomic E-state index is 12.9. The van der Waals surface area contributed by atoms with Gasteiger partial charge in [0, 0.05) is 70.2 Å². The lowest BCUT2D eigenvalue weighted by Crippen LogP contribution is -2.49. The molecule has 8 nitrogen and oxygen atoms in total. The number of carbonyl (C=O) groups is 1. The molecule has 0 N–H and O–H groups in total. The number of amides is 1. The SMILES string of the molecule is CC[C@@H]1CN(CCC(=O)N2CCN(c3ncccn3)CC2)Cc2cc(OC)ccc2O1. The molecule has 8 heteroatoms. The molecule has 1 amide bonds. The third-order valence-corrected chi connectivity index (χ3v) is 5.98. The summed E-state index contributed by atoms with van der Waals surface area (Å²) in [4.78, 5) is 27.9. The minimum absolute atomic E-state index is 0.124. The van der Waals surface area contributed by atoms with Gasteiger partial charge >= 0.3 is 0 Å². The second-order valence-electron chi connectivity index (χ2n) is 8.02. The molecule has 2 aliphatic rings. The number of nitrogens with zero attached hydrogens (tertiary/aromatic N) is 5. The molecule has 2 aliphatic heterocycles. The molecular formula is C23H31N5O3. The Balaban J connectivity index is 1.32. The maximum atomic E-state index is 12.9. The van der Waals surface area contributed by atoms with Crippen molar-refractivity contribution in [3.05, 3.63) is 42.2 Å². The normalized spacial score (nSPS) is 19.4. The summed E-state index contributed by atoms with van der Waals surface area (Å²) in [5, 5.41) is 0. The maximum Gasteiger partial charge on any atom is 0.225 e. The number of aromatic nitrogens is 2. The zero-order chi connectivity index (χ0) is 21.6. The Bertz CT molecular complexity index is 871. The quantitative estimate of drug-likeness (QED) is 0.703. The summed E-state index contributed by atoms with van der Waals surface area (Å²) in [7, 11) is 1.67. The molecule has 0 spiro atoms. The van der Waals surface area contributed by atoms with E-state index in [1.54, 1.807) is 19.5 Å². The Kier molecular flexibility index (Phi) is 6.86. The predicted molar refractivity (Wildman–Crippen MR) is 118 cm³/mol. The van der Waals surface area contributed by atoms with E-state index in [2.05, 4.69) is 26.7 Å². The van der Waals surface area contributed by atoms with Crippen molar-refractivity contribution in [2.24, 2.45) is 0 Å². The van der Waals surface area contributed by atoms with E-state index in [1.165, 1.54) is 0 Å². The number of hydrogen-bond acceptors (Lipinski definition) is 7. The number of methoxy groups -OCH3 is 1. The molecule has 31 heavy (non-hydrogen) atoms. The van der Waals surface area contributed by atoms with Crippen molar-refractivity contribution in [2.45, 2.75) is 32.4 Å². The number of benzene rings is 1. The largest absolute Gasteiger partial charge is 0.497 e. The van der Waals surface area contributed by atoms with E-state index in [-0.39, 0.29) is 12.0 Å². The van der Waals surface area contributed by atoms with Gasteiger partial charge in [0.25, 0.3) is 0 Å². The van der Waals surface area contributed by atoms with Crippen LogP contribution in [0.15, 0.2) is 36.7 Å². The molecule has 0 radical (unpaired) electrons. The Morgan fingerprint density at radius 1 is 1.19 bits per heavy atom. The minimum atomic E-state index is 0.124. The lowest BCUT2D eigenvalue weighted by atomic mass is 10.1. The van der Waals surface area contributed by atoms with Crippen molar-refractivity contribution in [1.82, 2.24) is 19.8 Å². The van der Waals surface area contributed by atoms with Crippen LogP contribution in [0.5, 0.6) is 11.5 Å². The van der Waals surface area contributed by atoms with Crippen LogP contribution < -0.4 is 14.4 Å². The molecule has 1 aromatic carbocycles. The van der Waals surface area contributed by atoms with E-state index in [0.29, 0.717) is 19.5 Å². The van der Waals surface area contributed by atoms with E-state index < -0.39 is 0 Å². The second-order valence-corrected chi connectivity index (χ2v) is 8.02. The summed E-state index contributed by atoms with van der Waals surface area (Å²) < 4.78 is 11.6. The molecule has 0 saturated carbocycles. The zero-order valence-electron chi connectivity index (χ0n) is 18.4. The Morgan fingerprint density at radius 3 is 2.68 bits per heavy atom. The van der Waals surface area contributed by atoms with Crippen LogP contribution in [0.3, 0.4) is 0 Å². The summed E-state index contributed by atoms with van der Waals surface area (Å²) in [5.74, 6) is 2.69. The third-order valence-electron chi connectivity index (χ3n) is 5.98. The highest BCUT2D eigenvalue weighted by atomic mass is 16.5. The number of hydrogen-bond donors (Lipinski definition) is 0. The van der Waals surface area contributed by atoms with Gasteiger partial charge in [0.2, 0.25) is 11.9 Å². The molecule has 2 aromatic rings. The van der Waals surface area contributed by atoms with Gasteiger partial charge in [-0.1, -0.05) is 6.92 Å². The van der Waals surface area contributed by atoms with Crippen LogP contribution in [0.25, 0.3) is 0 Å². The predicted octanol–water partition coefficient (Wildman–Crippen LogP) is 2.20. The first-order valence-electron chi connectivity index (χ1n) is 11.0. The second kappa shape index (κ2) is 9.96. The van der Waals surface area contributed by atoms with E-state index in [0.717, 1.165) is 62.2 Å². The van der Waals surface area contributed by atoms with Crippen LogP contribution >= 0.6 is 0 Å². The van der Waals surface area contributed by atoms with Gasteiger partial charge in [0.15, 0.2) is 0 Å². The average Bonchev–Trinajstić information content (AvgIpc) is 3.01. The number of rotatable bonds is 6. The average molecular weight is 426 g/mol. The van der Waals surface area contributed by atoms with Crippen molar-refractivity contribution in [3.8, 4) is 11.5 Å². The number of anilines is 1. The number of ether oxygens (including phenoxy) is 2. The fourth-order valence-electron chi connectivity index (χ4n) is 4.14. The molecule has 1 saturated heterocycles. The first-order valence-corrected chi connectivity index (χ1v) is 11.0. The molecular weight excluding hydrogens is 394 g/mol. The molecule has 1 atom stereocenters. The van der Waals surface area contributed by atoms with Gasteiger partial charge in [0.05, 0.1) is 7.11 Å². The summed E-state index contributed by atoms with van der Waals surface area (Å²) in [6.07, 6.45) is 5.07. The molecule has 1 aromatic heterocycles. The standard InChI is InChI=1S/C23H31N5O3/c1-3-19-17-26(16-18-15-20(30-2)5-6-21(18)31-19)10-7-22(29)27-11-13-28(14-12-27)23-24-8-4-9-25-23/h4-6,8-9,15,19H,3,7,10-14,16-17H2,1-2H3/t19-/m1/s1. The number of carbonyl (C=O) groups excluding carboxylic acids is 1. The van der Waals surface area contributed by atoms with Gasteiger partial charge in [-0.2, -0.15) is 0 Å². The molecule has 4 rings (SSSR count). The van der Waals surface area contributed by atoms with Crippen LogP contribution in [0.1, 0.15) is 25.3 Å². The summed E-state index contributed by atoms with van der Waals surface area (Å²) in [5.41, 5.74) is 1.11. The highest BCUT2D eigenvalue weighted by Gasteiger charge is 2.25. The van der Waals surface area contributed by atoms with Crippen molar-refractivity contribution < 1.29 is 14.3 Å². The lowest BCUT2D eigenvalue weighted by Gasteiger charge is -2.35. The van der Waals surface area contributed by atoms with Gasteiger partial charge in [-0.3, -0.25) is 9.69 Å². The highest BCUT2D eigenvalue weighted by Crippen LogP contribution is 2.29. The van der Waals surface area contributed by atoms with Gasteiger partial charge < -0.3 is 19.3 Å². The smallest absolute Gasteiger partial charge is 0.225 e. The molecule has 166 valence electrons. The topological polar surface area (TPSA) is 71.0 Å². The number of piperazine rings is 1. The van der Waals surface area contributed by atoms with Crippen molar-refractivity contribution in [3.63, 3.8) is 0 Å². The fourth-order valence-corrected chi connectivity index (χ4v) is 4.14. The molecule has 0 aliphatic carbocycles.